The molecule has 1 fully saturated rings. The van der Waals surface area contributed by atoms with Crippen molar-refractivity contribution in [2.24, 2.45) is 0 Å². The lowest BCUT2D eigenvalue weighted by molar-refractivity contribution is -0.137. The molecular weight excluding hydrogens is 445 g/mol. The number of benzene rings is 2. The Labute approximate surface area is 185 Å². The topological polar surface area (TPSA) is 75.7 Å². The van der Waals surface area contributed by atoms with E-state index in [9.17, 15) is 26.4 Å². The highest BCUT2D eigenvalue weighted by Crippen LogP contribution is 2.29. The summed E-state index contributed by atoms with van der Waals surface area (Å²) in [5.41, 5.74) is 0.102. The van der Waals surface area contributed by atoms with E-state index in [4.69, 9.17) is 4.74 Å². The van der Waals surface area contributed by atoms with Crippen LogP contribution in [0.2, 0.25) is 0 Å². The van der Waals surface area contributed by atoms with Gasteiger partial charge in [-0.3, -0.25) is 4.79 Å². The van der Waals surface area contributed by atoms with E-state index in [0.717, 1.165) is 12.1 Å². The van der Waals surface area contributed by atoms with Crippen molar-refractivity contribution < 1.29 is 31.1 Å². The van der Waals surface area contributed by atoms with Gasteiger partial charge >= 0.3 is 6.18 Å². The second kappa shape index (κ2) is 9.60. The fraction of sp³-hybridized carbons (Fsp3) is 0.409. The molecule has 0 aromatic heterocycles. The van der Waals surface area contributed by atoms with Crippen LogP contribution in [0.4, 0.5) is 13.2 Å². The normalized spacial score (nSPS) is 20.2. The summed E-state index contributed by atoms with van der Waals surface area (Å²) in [6.07, 6.45) is -4.52. The van der Waals surface area contributed by atoms with E-state index in [1.165, 1.54) is 40.7 Å². The fourth-order valence-corrected chi connectivity index (χ4v) is 5.19. The number of ether oxygens (including phenoxy) is 1. The lowest BCUT2D eigenvalue weighted by Gasteiger charge is -2.34. The minimum atomic E-state index is -4.39. The van der Waals surface area contributed by atoms with Crippen molar-refractivity contribution >= 4 is 15.9 Å². The number of alkyl halides is 3. The predicted octanol–water partition coefficient (Wildman–Crippen LogP) is 3.48. The number of carbonyl (C=O) groups is 1. The molecule has 2 atom stereocenters. The molecule has 174 valence electrons. The van der Waals surface area contributed by atoms with Gasteiger partial charge < -0.3 is 10.1 Å². The Morgan fingerprint density at radius 2 is 1.72 bits per heavy atom. The molecule has 2 aromatic carbocycles. The maximum atomic E-state index is 13.0. The number of hydrogen-bond acceptors (Lipinski definition) is 4. The molecule has 1 aliphatic heterocycles. The number of carbonyl (C=O) groups excluding carboxylic acids is 1. The minimum absolute atomic E-state index is 0.0224. The summed E-state index contributed by atoms with van der Waals surface area (Å²) in [5, 5.41) is 2.68. The zero-order valence-corrected chi connectivity index (χ0v) is 18.5. The number of nitrogens with zero attached hydrogens (tertiary/aromatic N) is 1. The molecule has 2 unspecified atom stereocenters. The summed E-state index contributed by atoms with van der Waals surface area (Å²) in [6, 6.07) is 10.5. The first-order valence-corrected chi connectivity index (χ1v) is 11.6. The van der Waals surface area contributed by atoms with Gasteiger partial charge in [-0.15, -0.1) is 0 Å². The maximum Gasteiger partial charge on any atom is 0.416 e. The lowest BCUT2D eigenvalue weighted by atomic mass is 10.1. The highest BCUT2D eigenvalue weighted by Gasteiger charge is 2.32. The Bertz CT molecular complexity index is 1050. The second-order valence-corrected chi connectivity index (χ2v) is 9.75. The van der Waals surface area contributed by atoms with Crippen LogP contribution in [0.1, 0.15) is 35.3 Å². The van der Waals surface area contributed by atoms with Crippen LogP contribution in [0.15, 0.2) is 53.4 Å². The highest BCUT2D eigenvalue weighted by atomic mass is 32.2. The van der Waals surface area contributed by atoms with Gasteiger partial charge in [0.25, 0.3) is 5.91 Å². The number of nitrogens with one attached hydrogen (secondary N) is 1. The molecule has 32 heavy (non-hydrogen) atoms. The highest BCUT2D eigenvalue weighted by molar-refractivity contribution is 7.89. The molecule has 1 aliphatic rings. The van der Waals surface area contributed by atoms with Crippen molar-refractivity contribution in [3.63, 3.8) is 0 Å². The summed E-state index contributed by atoms with van der Waals surface area (Å²) in [5.74, 6) is -0.460. The summed E-state index contributed by atoms with van der Waals surface area (Å²) in [6.45, 7) is 4.27. The van der Waals surface area contributed by atoms with Crippen LogP contribution in [-0.2, 0) is 27.4 Å². The molecule has 3 rings (SSSR count). The van der Waals surface area contributed by atoms with E-state index in [1.807, 2.05) is 0 Å². The van der Waals surface area contributed by atoms with Crippen molar-refractivity contribution in [2.45, 2.75) is 43.5 Å². The number of sulfonamides is 1. The average molecular weight is 471 g/mol. The molecule has 1 heterocycles. The lowest BCUT2D eigenvalue weighted by Crippen LogP contribution is -2.48. The van der Waals surface area contributed by atoms with Crippen LogP contribution in [0, 0.1) is 0 Å². The number of morpholine rings is 1. The van der Waals surface area contributed by atoms with Gasteiger partial charge in [-0.1, -0.05) is 18.2 Å². The van der Waals surface area contributed by atoms with Crippen molar-refractivity contribution in [3.8, 4) is 0 Å². The molecule has 1 N–H and O–H groups in total. The molecular formula is C22H25F3N2O4S. The Kier molecular flexibility index (Phi) is 7.26. The van der Waals surface area contributed by atoms with Crippen LogP contribution in [-0.4, -0.2) is 50.5 Å². The standard InChI is InChI=1S/C22H25F3N2O4S/c1-15-13-27(14-16(2)31-15)32(29,30)20-5-3-4-18(12-20)21(28)26-11-10-17-6-8-19(9-7-17)22(23,24)25/h3-9,12,15-16H,10-11,13-14H2,1-2H3,(H,26,28). The van der Waals surface area contributed by atoms with Gasteiger partial charge in [0, 0.05) is 25.2 Å². The van der Waals surface area contributed by atoms with Crippen molar-refractivity contribution in [1.29, 1.82) is 0 Å². The first kappa shape index (κ1) is 24.2. The Morgan fingerprint density at radius 1 is 1.09 bits per heavy atom. The number of hydrogen-bond donors (Lipinski definition) is 1. The largest absolute Gasteiger partial charge is 0.416 e. The predicted molar refractivity (Wildman–Crippen MR) is 113 cm³/mol. The molecule has 1 saturated heterocycles. The van der Waals surface area contributed by atoms with Gasteiger partial charge in [0.1, 0.15) is 0 Å². The van der Waals surface area contributed by atoms with Gasteiger partial charge in [0.15, 0.2) is 0 Å². The van der Waals surface area contributed by atoms with Gasteiger partial charge in [0.05, 0.1) is 22.7 Å². The number of halogens is 3. The summed E-state index contributed by atoms with van der Waals surface area (Å²) >= 11 is 0. The summed E-state index contributed by atoms with van der Waals surface area (Å²) < 4.78 is 70.8. The van der Waals surface area contributed by atoms with Crippen LogP contribution in [0.5, 0.6) is 0 Å². The third-order valence-electron chi connectivity index (χ3n) is 5.10. The van der Waals surface area contributed by atoms with Gasteiger partial charge in [-0.25, -0.2) is 8.42 Å². The fourth-order valence-electron chi connectivity index (χ4n) is 3.56. The Hall–Kier alpha value is -2.43. The van der Waals surface area contributed by atoms with Crippen LogP contribution in [0.3, 0.4) is 0 Å². The molecule has 0 bridgehead atoms. The molecule has 0 spiro atoms. The molecule has 0 saturated carbocycles. The quantitative estimate of drug-likeness (QED) is 0.702. The van der Waals surface area contributed by atoms with E-state index in [2.05, 4.69) is 5.32 Å². The minimum Gasteiger partial charge on any atom is -0.373 e. The Morgan fingerprint density at radius 3 is 2.31 bits per heavy atom. The van der Waals surface area contributed by atoms with Crippen LogP contribution >= 0.6 is 0 Å². The number of amides is 1. The monoisotopic (exact) mass is 470 g/mol. The zero-order chi connectivity index (χ0) is 23.5. The number of rotatable bonds is 6. The molecule has 1 amide bonds. The summed E-state index contributed by atoms with van der Waals surface area (Å²) in [7, 11) is -3.78. The van der Waals surface area contributed by atoms with E-state index in [-0.39, 0.29) is 42.3 Å². The van der Waals surface area contributed by atoms with Gasteiger partial charge in [-0.05, 0) is 56.2 Å². The van der Waals surface area contributed by atoms with E-state index in [0.29, 0.717) is 12.0 Å². The third-order valence-corrected chi connectivity index (χ3v) is 6.93. The van der Waals surface area contributed by atoms with Crippen molar-refractivity contribution in [3.05, 3.63) is 65.2 Å². The third kappa shape index (κ3) is 5.87. The molecule has 0 aliphatic carbocycles. The average Bonchev–Trinajstić information content (AvgIpc) is 2.73. The van der Waals surface area contributed by atoms with Crippen molar-refractivity contribution in [2.75, 3.05) is 19.6 Å². The Balaban J connectivity index is 1.62. The summed E-state index contributed by atoms with van der Waals surface area (Å²) in [4.78, 5) is 12.5. The first-order chi connectivity index (χ1) is 15.0. The van der Waals surface area contributed by atoms with Crippen LogP contribution in [0.25, 0.3) is 0 Å². The second-order valence-electron chi connectivity index (χ2n) is 7.81. The van der Waals surface area contributed by atoms with E-state index < -0.39 is 27.7 Å². The van der Waals surface area contributed by atoms with Gasteiger partial charge in [-0.2, -0.15) is 17.5 Å². The zero-order valence-electron chi connectivity index (χ0n) is 17.7. The van der Waals surface area contributed by atoms with E-state index >= 15 is 0 Å². The van der Waals surface area contributed by atoms with Crippen LogP contribution < -0.4 is 5.32 Å². The first-order valence-electron chi connectivity index (χ1n) is 10.2. The molecule has 10 heteroatoms. The maximum absolute atomic E-state index is 13.0. The smallest absolute Gasteiger partial charge is 0.373 e. The molecule has 6 nitrogen and oxygen atoms in total. The van der Waals surface area contributed by atoms with E-state index in [1.54, 1.807) is 13.8 Å². The molecule has 0 radical (unpaired) electrons. The van der Waals surface area contributed by atoms with Crippen molar-refractivity contribution in [1.82, 2.24) is 9.62 Å². The molecule has 2 aromatic rings. The van der Waals surface area contributed by atoms with Gasteiger partial charge in [0.2, 0.25) is 10.0 Å². The SMILES string of the molecule is CC1CN(S(=O)(=O)c2cccc(C(=O)NCCc3ccc(C(F)(F)F)cc3)c2)CC(C)O1.